The number of nitro groups is 1. The van der Waals surface area contributed by atoms with E-state index < -0.39 is 10.9 Å². The number of ether oxygens (including phenoxy) is 2. The van der Waals surface area contributed by atoms with Crippen LogP contribution in [0.25, 0.3) is 0 Å². The topological polar surface area (TPSA) is 78.7 Å². The predicted molar refractivity (Wildman–Crippen MR) is 75.7 cm³/mol. The van der Waals surface area contributed by atoms with Gasteiger partial charge in [0.2, 0.25) is 5.75 Å². The van der Waals surface area contributed by atoms with Gasteiger partial charge in [-0.25, -0.2) is 4.79 Å². The van der Waals surface area contributed by atoms with Gasteiger partial charge in [-0.1, -0.05) is 18.2 Å². The molecular formula is C15H13NO5. The maximum absolute atomic E-state index is 12.0. The fourth-order valence-electron chi connectivity index (χ4n) is 1.73. The number of carbonyl (C=O) groups excluding carboxylic acids is 1. The van der Waals surface area contributed by atoms with Crippen LogP contribution < -0.4 is 9.47 Å². The molecule has 0 aromatic heterocycles. The summed E-state index contributed by atoms with van der Waals surface area (Å²) in [6.45, 7) is 2.31. The molecule has 0 fully saturated rings. The van der Waals surface area contributed by atoms with Gasteiger partial charge in [-0.2, -0.15) is 0 Å². The highest BCUT2D eigenvalue weighted by molar-refractivity contribution is 5.91. The van der Waals surface area contributed by atoms with Gasteiger partial charge in [0.1, 0.15) is 5.75 Å². The van der Waals surface area contributed by atoms with Crippen LogP contribution in [0.5, 0.6) is 11.5 Å². The van der Waals surface area contributed by atoms with Crippen molar-refractivity contribution in [1.29, 1.82) is 0 Å². The van der Waals surface area contributed by atoms with E-state index in [1.54, 1.807) is 24.3 Å². The van der Waals surface area contributed by atoms with E-state index in [0.29, 0.717) is 12.4 Å². The highest BCUT2D eigenvalue weighted by atomic mass is 16.6. The Hall–Kier alpha value is -2.89. The van der Waals surface area contributed by atoms with E-state index in [2.05, 4.69) is 0 Å². The zero-order valence-corrected chi connectivity index (χ0v) is 11.3. The van der Waals surface area contributed by atoms with Gasteiger partial charge in [-0.05, 0) is 31.2 Å². The Balaban J connectivity index is 2.22. The molecule has 0 N–H and O–H groups in total. The van der Waals surface area contributed by atoms with Crippen LogP contribution in [0.15, 0.2) is 48.5 Å². The van der Waals surface area contributed by atoms with Crippen LogP contribution in [0.4, 0.5) is 5.69 Å². The Bertz CT molecular complexity index is 669. The molecule has 0 saturated heterocycles. The number of carbonyl (C=O) groups is 1. The van der Waals surface area contributed by atoms with Gasteiger partial charge >= 0.3 is 11.7 Å². The molecule has 2 rings (SSSR count). The summed E-state index contributed by atoms with van der Waals surface area (Å²) in [6, 6.07) is 12.2. The lowest BCUT2D eigenvalue weighted by atomic mass is 10.2. The Morgan fingerprint density at radius 1 is 1.19 bits per heavy atom. The maximum Gasteiger partial charge on any atom is 0.343 e. The van der Waals surface area contributed by atoms with E-state index >= 15 is 0 Å². The van der Waals surface area contributed by atoms with Crippen molar-refractivity contribution in [3.63, 3.8) is 0 Å². The number of para-hydroxylation sites is 2. The van der Waals surface area contributed by atoms with Gasteiger partial charge in [0.25, 0.3) is 0 Å². The average molecular weight is 287 g/mol. The summed E-state index contributed by atoms with van der Waals surface area (Å²) in [5.74, 6) is -0.227. The molecule has 6 heteroatoms. The number of nitrogens with zero attached hydrogens (tertiary/aromatic N) is 1. The van der Waals surface area contributed by atoms with Crippen LogP contribution in [-0.2, 0) is 0 Å². The summed E-state index contributed by atoms with van der Waals surface area (Å²) in [5.41, 5.74) is 0.00548. The number of benzene rings is 2. The minimum Gasteiger partial charge on any atom is -0.494 e. The number of hydrogen-bond donors (Lipinski definition) is 0. The molecule has 0 spiro atoms. The molecule has 0 aliphatic rings. The van der Waals surface area contributed by atoms with Crippen molar-refractivity contribution in [2.75, 3.05) is 6.61 Å². The first-order valence-electron chi connectivity index (χ1n) is 6.30. The Morgan fingerprint density at radius 3 is 2.67 bits per heavy atom. The quantitative estimate of drug-likeness (QED) is 0.365. The largest absolute Gasteiger partial charge is 0.494 e. The Labute approximate surface area is 121 Å². The molecule has 108 valence electrons. The first kappa shape index (κ1) is 14.5. The van der Waals surface area contributed by atoms with Crippen LogP contribution in [-0.4, -0.2) is 17.5 Å². The van der Waals surface area contributed by atoms with Gasteiger partial charge in [0.05, 0.1) is 17.1 Å². The monoisotopic (exact) mass is 287 g/mol. The van der Waals surface area contributed by atoms with Gasteiger partial charge in [0.15, 0.2) is 0 Å². The minimum atomic E-state index is -0.675. The second kappa shape index (κ2) is 6.51. The second-order valence-electron chi connectivity index (χ2n) is 4.08. The third-order valence-electron chi connectivity index (χ3n) is 2.65. The van der Waals surface area contributed by atoms with E-state index in [-0.39, 0.29) is 17.0 Å². The van der Waals surface area contributed by atoms with Crippen LogP contribution in [0.3, 0.4) is 0 Å². The smallest absolute Gasteiger partial charge is 0.343 e. The Kier molecular flexibility index (Phi) is 4.50. The van der Waals surface area contributed by atoms with Crippen molar-refractivity contribution in [3.8, 4) is 11.5 Å². The summed E-state index contributed by atoms with van der Waals surface area (Å²) in [4.78, 5) is 22.3. The molecule has 0 radical (unpaired) electrons. The molecule has 0 heterocycles. The maximum atomic E-state index is 12.0. The van der Waals surface area contributed by atoms with Crippen LogP contribution in [0, 0.1) is 10.1 Å². The van der Waals surface area contributed by atoms with Crippen molar-refractivity contribution >= 4 is 11.7 Å². The molecule has 2 aromatic rings. The standard InChI is InChI=1S/C15H13NO5/c1-2-20-12-7-5-6-11(10-12)15(17)21-14-9-4-3-8-13(14)16(18)19/h3-10H,2H2,1H3. The molecule has 0 saturated carbocycles. The molecule has 0 aliphatic heterocycles. The number of rotatable bonds is 5. The number of hydrogen-bond acceptors (Lipinski definition) is 5. The minimum absolute atomic E-state index is 0.0886. The summed E-state index contributed by atoms with van der Waals surface area (Å²) >= 11 is 0. The van der Waals surface area contributed by atoms with E-state index in [0.717, 1.165) is 0 Å². The SMILES string of the molecule is CCOc1cccc(C(=O)Oc2ccccc2[N+](=O)[O-])c1. The molecule has 2 aromatic carbocycles. The highest BCUT2D eigenvalue weighted by Gasteiger charge is 2.18. The molecular weight excluding hydrogens is 274 g/mol. The fraction of sp³-hybridized carbons (Fsp3) is 0.133. The van der Waals surface area contributed by atoms with Crippen LogP contribution in [0.1, 0.15) is 17.3 Å². The number of esters is 1. The molecule has 0 amide bonds. The van der Waals surface area contributed by atoms with E-state index in [1.165, 1.54) is 24.3 Å². The molecule has 0 aliphatic carbocycles. The molecule has 0 unspecified atom stereocenters. The average Bonchev–Trinajstić information content (AvgIpc) is 2.48. The summed E-state index contributed by atoms with van der Waals surface area (Å²) in [7, 11) is 0. The van der Waals surface area contributed by atoms with Gasteiger partial charge < -0.3 is 9.47 Å². The normalized spacial score (nSPS) is 9.95. The first-order valence-corrected chi connectivity index (χ1v) is 6.30. The van der Waals surface area contributed by atoms with E-state index in [1.807, 2.05) is 6.92 Å². The van der Waals surface area contributed by atoms with Crippen molar-refractivity contribution in [2.45, 2.75) is 6.92 Å². The van der Waals surface area contributed by atoms with Gasteiger partial charge in [-0.15, -0.1) is 0 Å². The second-order valence-corrected chi connectivity index (χ2v) is 4.08. The summed E-state index contributed by atoms with van der Waals surface area (Å²) in [5, 5.41) is 10.9. The summed E-state index contributed by atoms with van der Waals surface area (Å²) < 4.78 is 10.4. The fourth-order valence-corrected chi connectivity index (χ4v) is 1.73. The molecule has 0 bridgehead atoms. The lowest BCUT2D eigenvalue weighted by molar-refractivity contribution is -0.385. The molecule has 21 heavy (non-hydrogen) atoms. The zero-order valence-electron chi connectivity index (χ0n) is 11.3. The molecule has 0 atom stereocenters. The van der Waals surface area contributed by atoms with Gasteiger partial charge in [-0.3, -0.25) is 10.1 Å². The van der Waals surface area contributed by atoms with Crippen molar-refractivity contribution in [1.82, 2.24) is 0 Å². The number of nitro benzene ring substituents is 1. The van der Waals surface area contributed by atoms with Crippen LogP contribution in [0.2, 0.25) is 0 Å². The van der Waals surface area contributed by atoms with Crippen molar-refractivity contribution in [3.05, 3.63) is 64.2 Å². The third kappa shape index (κ3) is 3.56. The van der Waals surface area contributed by atoms with Gasteiger partial charge in [0, 0.05) is 6.07 Å². The van der Waals surface area contributed by atoms with Crippen molar-refractivity contribution in [2.24, 2.45) is 0 Å². The zero-order chi connectivity index (χ0) is 15.2. The first-order chi connectivity index (χ1) is 10.1. The van der Waals surface area contributed by atoms with Crippen LogP contribution >= 0.6 is 0 Å². The van der Waals surface area contributed by atoms with E-state index in [9.17, 15) is 14.9 Å². The molecule has 6 nitrogen and oxygen atoms in total. The Morgan fingerprint density at radius 2 is 1.95 bits per heavy atom. The summed E-state index contributed by atoms with van der Waals surface area (Å²) in [6.07, 6.45) is 0. The lowest BCUT2D eigenvalue weighted by Crippen LogP contribution is -2.10. The van der Waals surface area contributed by atoms with E-state index in [4.69, 9.17) is 9.47 Å². The predicted octanol–water partition coefficient (Wildman–Crippen LogP) is 3.21. The third-order valence-corrected chi connectivity index (χ3v) is 2.65. The van der Waals surface area contributed by atoms with Crippen molar-refractivity contribution < 1.29 is 19.2 Å². The highest BCUT2D eigenvalue weighted by Crippen LogP contribution is 2.27. The lowest BCUT2D eigenvalue weighted by Gasteiger charge is -2.07.